The Morgan fingerprint density at radius 2 is 1.97 bits per heavy atom. The standard InChI is InChI=1S/C24H27N3O2/c1-18-8-9-22-20(16-18)21(17-23(26-22)19-6-3-2-4-7-19)24(28)25-10-12-27-11-5-14-29-15-13-27/h2-4,6-9,16-17H,5,10-15H2,1H3,(H,25,28). The van der Waals surface area contributed by atoms with Crippen LogP contribution in [0.15, 0.2) is 54.6 Å². The minimum Gasteiger partial charge on any atom is -0.380 e. The van der Waals surface area contributed by atoms with Crippen LogP contribution in [-0.4, -0.2) is 55.2 Å². The van der Waals surface area contributed by atoms with Gasteiger partial charge in [0.25, 0.3) is 5.91 Å². The van der Waals surface area contributed by atoms with Crippen molar-refractivity contribution in [2.24, 2.45) is 0 Å². The Labute approximate surface area is 171 Å². The second-order valence-corrected chi connectivity index (χ2v) is 7.51. The molecular formula is C24H27N3O2. The molecule has 5 heteroatoms. The van der Waals surface area contributed by atoms with Gasteiger partial charge in [-0.2, -0.15) is 0 Å². The van der Waals surface area contributed by atoms with Gasteiger partial charge in [-0.3, -0.25) is 9.69 Å². The van der Waals surface area contributed by atoms with E-state index in [1.165, 1.54) is 0 Å². The first-order chi connectivity index (χ1) is 14.2. The molecule has 1 saturated heterocycles. The lowest BCUT2D eigenvalue weighted by atomic mass is 10.0. The lowest BCUT2D eigenvalue weighted by Gasteiger charge is -2.19. The third kappa shape index (κ3) is 4.81. The summed E-state index contributed by atoms with van der Waals surface area (Å²) in [5.41, 5.74) is 4.46. The SMILES string of the molecule is Cc1ccc2nc(-c3ccccc3)cc(C(=O)NCCN3CCCOCC3)c2c1. The lowest BCUT2D eigenvalue weighted by molar-refractivity contribution is 0.0949. The van der Waals surface area contributed by atoms with Crippen molar-refractivity contribution < 1.29 is 9.53 Å². The molecule has 2 aromatic carbocycles. The van der Waals surface area contributed by atoms with Crippen LogP contribution in [-0.2, 0) is 4.74 Å². The van der Waals surface area contributed by atoms with Crippen LogP contribution < -0.4 is 5.32 Å². The summed E-state index contributed by atoms with van der Waals surface area (Å²) in [5.74, 6) is -0.0498. The zero-order chi connectivity index (χ0) is 20.1. The molecule has 1 aliphatic heterocycles. The first-order valence-corrected chi connectivity index (χ1v) is 10.3. The van der Waals surface area contributed by atoms with E-state index in [0.717, 1.165) is 67.0 Å². The number of aryl methyl sites for hydroxylation is 1. The molecule has 29 heavy (non-hydrogen) atoms. The van der Waals surface area contributed by atoms with E-state index in [-0.39, 0.29) is 5.91 Å². The van der Waals surface area contributed by atoms with Crippen molar-refractivity contribution in [3.8, 4) is 11.3 Å². The summed E-state index contributed by atoms with van der Waals surface area (Å²) in [4.78, 5) is 20.2. The molecule has 5 nitrogen and oxygen atoms in total. The molecule has 1 amide bonds. The Morgan fingerprint density at radius 3 is 2.83 bits per heavy atom. The highest BCUT2D eigenvalue weighted by molar-refractivity contribution is 6.07. The fourth-order valence-electron chi connectivity index (χ4n) is 3.73. The van der Waals surface area contributed by atoms with Gasteiger partial charge in [0.1, 0.15) is 0 Å². The molecular weight excluding hydrogens is 362 g/mol. The van der Waals surface area contributed by atoms with Gasteiger partial charge in [0, 0.05) is 43.7 Å². The van der Waals surface area contributed by atoms with Gasteiger partial charge >= 0.3 is 0 Å². The van der Waals surface area contributed by atoms with E-state index < -0.39 is 0 Å². The van der Waals surface area contributed by atoms with Crippen LogP contribution in [0.1, 0.15) is 22.3 Å². The quantitative estimate of drug-likeness (QED) is 0.724. The molecule has 0 atom stereocenters. The van der Waals surface area contributed by atoms with Crippen LogP contribution in [0.25, 0.3) is 22.2 Å². The third-order valence-corrected chi connectivity index (χ3v) is 5.31. The number of aromatic nitrogens is 1. The van der Waals surface area contributed by atoms with Crippen LogP contribution in [0.4, 0.5) is 0 Å². The van der Waals surface area contributed by atoms with Crippen LogP contribution in [0.2, 0.25) is 0 Å². The second kappa shape index (κ2) is 9.16. The fraction of sp³-hybridized carbons (Fsp3) is 0.333. The number of rotatable bonds is 5. The monoisotopic (exact) mass is 389 g/mol. The second-order valence-electron chi connectivity index (χ2n) is 7.51. The maximum absolute atomic E-state index is 13.1. The molecule has 2 heterocycles. The zero-order valence-corrected chi connectivity index (χ0v) is 16.9. The number of pyridine rings is 1. The number of hydrogen-bond donors (Lipinski definition) is 1. The van der Waals surface area contributed by atoms with Crippen LogP contribution in [0.3, 0.4) is 0 Å². The van der Waals surface area contributed by atoms with Crippen molar-refractivity contribution in [1.29, 1.82) is 0 Å². The Kier molecular flexibility index (Phi) is 6.17. The average molecular weight is 389 g/mol. The van der Waals surface area contributed by atoms with Gasteiger partial charge in [0.05, 0.1) is 23.4 Å². The smallest absolute Gasteiger partial charge is 0.252 e. The maximum Gasteiger partial charge on any atom is 0.252 e. The Bertz CT molecular complexity index is 980. The van der Waals surface area contributed by atoms with Crippen LogP contribution in [0, 0.1) is 6.92 Å². The number of carbonyl (C=O) groups excluding carboxylic acids is 1. The molecule has 0 saturated carbocycles. The van der Waals surface area contributed by atoms with E-state index >= 15 is 0 Å². The minimum absolute atomic E-state index is 0.0498. The average Bonchev–Trinajstić information content (AvgIpc) is 3.02. The van der Waals surface area contributed by atoms with Gasteiger partial charge in [-0.15, -0.1) is 0 Å². The zero-order valence-electron chi connectivity index (χ0n) is 16.9. The summed E-state index contributed by atoms with van der Waals surface area (Å²) in [5, 5.41) is 4.00. The van der Waals surface area contributed by atoms with Crippen molar-refractivity contribution in [3.05, 3.63) is 65.7 Å². The van der Waals surface area contributed by atoms with Crippen molar-refractivity contribution >= 4 is 16.8 Å². The van der Waals surface area contributed by atoms with Crippen molar-refractivity contribution in [2.75, 3.05) is 39.4 Å². The Morgan fingerprint density at radius 1 is 1.10 bits per heavy atom. The van der Waals surface area contributed by atoms with Gasteiger partial charge in [0.15, 0.2) is 0 Å². The topological polar surface area (TPSA) is 54.5 Å². The number of fused-ring (bicyclic) bond motifs is 1. The highest BCUT2D eigenvalue weighted by Crippen LogP contribution is 2.25. The number of amides is 1. The molecule has 1 aliphatic rings. The number of ether oxygens (including phenoxy) is 1. The van der Waals surface area contributed by atoms with Crippen molar-refractivity contribution in [2.45, 2.75) is 13.3 Å². The molecule has 0 aliphatic carbocycles. The van der Waals surface area contributed by atoms with Gasteiger partial charge < -0.3 is 10.1 Å². The number of nitrogens with one attached hydrogen (secondary N) is 1. The highest BCUT2D eigenvalue weighted by atomic mass is 16.5. The predicted octanol–water partition coefficient (Wildman–Crippen LogP) is 3.66. The molecule has 1 fully saturated rings. The minimum atomic E-state index is -0.0498. The summed E-state index contributed by atoms with van der Waals surface area (Å²) in [7, 11) is 0. The van der Waals surface area contributed by atoms with Gasteiger partial charge in [0.2, 0.25) is 0 Å². The van der Waals surface area contributed by atoms with Gasteiger partial charge in [-0.1, -0.05) is 42.0 Å². The molecule has 1 aromatic heterocycles. The molecule has 150 valence electrons. The molecule has 3 aromatic rings. The summed E-state index contributed by atoms with van der Waals surface area (Å²) in [6.07, 6.45) is 1.04. The van der Waals surface area contributed by atoms with Crippen molar-refractivity contribution in [3.63, 3.8) is 0 Å². The van der Waals surface area contributed by atoms with Crippen LogP contribution >= 0.6 is 0 Å². The van der Waals surface area contributed by atoms with E-state index in [1.54, 1.807) is 0 Å². The van der Waals surface area contributed by atoms with E-state index in [4.69, 9.17) is 9.72 Å². The lowest BCUT2D eigenvalue weighted by Crippen LogP contribution is -2.36. The van der Waals surface area contributed by atoms with Crippen LogP contribution in [0.5, 0.6) is 0 Å². The predicted molar refractivity (Wildman–Crippen MR) is 116 cm³/mol. The highest BCUT2D eigenvalue weighted by Gasteiger charge is 2.15. The van der Waals surface area contributed by atoms with Crippen molar-refractivity contribution in [1.82, 2.24) is 15.2 Å². The summed E-state index contributed by atoms with van der Waals surface area (Å²) in [6.45, 7) is 7.03. The van der Waals surface area contributed by atoms with E-state index in [9.17, 15) is 4.79 Å². The Balaban J connectivity index is 1.57. The van der Waals surface area contributed by atoms with Gasteiger partial charge in [-0.25, -0.2) is 4.98 Å². The maximum atomic E-state index is 13.1. The van der Waals surface area contributed by atoms with E-state index in [0.29, 0.717) is 12.1 Å². The Hall–Kier alpha value is -2.76. The van der Waals surface area contributed by atoms with E-state index in [2.05, 4.69) is 10.2 Å². The normalized spacial score (nSPS) is 15.2. The molecule has 1 N–H and O–H groups in total. The largest absolute Gasteiger partial charge is 0.380 e. The van der Waals surface area contributed by atoms with E-state index in [1.807, 2.05) is 61.5 Å². The third-order valence-electron chi connectivity index (χ3n) is 5.31. The first-order valence-electron chi connectivity index (χ1n) is 10.3. The molecule has 4 rings (SSSR count). The summed E-state index contributed by atoms with van der Waals surface area (Å²) >= 11 is 0. The fourth-order valence-corrected chi connectivity index (χ4v) is 3.73. The molecule has 0 bridgehead atoms. The summed E-state index contributed by atoms with van der Waals surface area (Å²) < 4.78 is 5.50. The molecule has 0 radical (unpaired) electrons. The molecule has 0 unspecified atom stereocenters. The number of nitrogens with zero attached hydrogens (tertiary/aromatic N) is 2. The first kappa shape index (κ1) is 19.6. The summed E-state index contributed by atoms with van der Waals surface area (Å²) in [6, 6.07) is 18.0. The number of carbonyl (C=O) groups is 1. The van der Waals surface area contributed by atoms with Gasteiger partial charge in [-0.05, 0) is 31.5 Å². The number of benzene rings is 2. The molecule has 0 spiro atoms. The number of hydrogen-bond acceptors (Lipinski definition) is 4.